The number of hydrogen-bond donors (Lipinski definition) is 3. The lowest BCUT2D eigenvalue weighted by Crippen LogP contribution is -2.25. The number of ether oxygens (including phenoxy) is 1. The number of benzene rings is 2. The number of phenols is 1. The summed E-state index contributed by atoms with van der Waals surface area (Å²) in [6.45, 7) is 0.0143. The Morgan fingerprint density at radius 1 is 1.36 bits per heavy atom. The van der Waals surface area contributed by atoms with E-state index in [4.69, 9.17) is 4.74 Å². The van der Waals surface area contributed by atoms with Gasteiger partial charge in [-0.15, -0.1) is 0 Å². The van der Waals surface area contributed by atoms with Crippen LogP contribution in [0.1, 0.15) is 5.56 Å². The van der Waals surface area contributed by atoms with Gasteiger partial charge in [0.25, 0.3) is 5.91 Å². The Morgan fingerprint density at radius 2 is 2.08 bits per heavy atom. The zero-order valence-electron chi connectivity index (χ0n) is 13.3. The van der Waals surface area contributed by atoms with Crippen molar-refractivity contribution in [2.24, 2.45) is 5.10 Å². The molecule has 0 fully saturated rings. The van der Waals surface area contributed by atoms with E-state index in [-0.39, 0.29) is 23.8 Å². The van der Waals surface area contributed by atoms with Gasteiger partial charge in [0.1, 0.15) is 0 Å². The van der Waals surface area contributed by atoms with Gasteiger partial charge in [-0.2, -0.15) is 5.10 Å². The summed E-state index contributed by atoms with van der Waals surface area (Å²) in [4.78, 5) is 21.9. The van der Waals surface area contributed by atoms with Crippen LogP contribution in [-0.4, -0.2) is 35.8 Å². The van der Waals surface area contributed by atoms with Crippen molar-refractivity contribution in [1.29, 1.82) is 0 Å². The second-order valence-electron chi connectivity index (χ2n) is 4.86. The minimum absolute atomic E-state index is 0.0143. The number of hydrazone groups is 1. The Morgan fingerprint density at radius 3 is 2.72 bits per heavy atom. The SMILES string of the molecule is COc1cc(/C=N\NC(=O)CNc2ccccc2)cc([N+](=O)[O-])c1O. The number of phenolic OH excluding ortho intramolecular Hbond substituents is 1. The highest BCUT2D eigenvalue weighted by Gasteiger charge is 2.19. The molecule has 2 aromatic carbocycles. The summed E-state index contributed by atoms with van der Waals surface area (Å²) in [7, 11) is 1.27. The molecule has 0 spiro atoms. The molecule has 2 aromatic rings. The van der Waals surface area contributed by atoms with Gasteiger partial charge in [0.05, 0.1) is 24.8 Å². The molecule has 0 aliphatic heterocycles. The fourth-order valence-electron chi connectivity index (χ4n) is 1.94. The van der Waals surface area contributed by atoms with Crippen molar-refractivity contribution < 1.29 is 19.6 Å². The number of rotatable bonds is 7. The lowest BCUT2D eigenvalue weighted by Gasteiger charge is -2.06. The molecule has 2 rings (SSSR count). The molecule has 0 aliphatic rings. The van der Waals surface area contributed by atoms with Crippen LogP contribution in [0.15, 0.2) is 47.6 Å². The molecule has 1 amide bonds. The lowest BCUT2D eigenvalue weighted by molar-refractivity contribution is -0.386. The maximum absolute atomic E-state index is 11.7. The second kappa shape index (κ2) is 8.29. The van der Waals surface area contributed by atoms with Gasteiger partial charge < -0.3 is 15.2 Å². The first kappa shape index (κ1) is 17.7. The molecule has 3 N–H and O–H groups in total. The largest absolute Gasteiger partial charge is 0.500 e. The van der Waals surface area contributed by atoms with E-state index >= 15 is 0 Å². The summed E-state index contributed by atoms with van der Waals surface area (Å²) in [5.41, 5.74) is 2.86. The van der Waals surface area contributed by atoms with E-state index in [0.29, 0.717) is 0 Å². The highest BCUT2D eigenvalue weighted by Crippen LogP contribution is 2.36. The molecule has 25 heavy (non-hydrogen) atoms. The third kappa shape index (κ3) is 4.93. The average Bonchev–Trinajstić information content (AvgIpc) is 2.61. The van der Waals surface area contributed by atoms with Crippen LogP contribution in [0.3, 0.4) is 0 Å². The number of nitro benzene ring substituents is 1. The Kier molecular flexibility index (Phi) is 5.88. The summed E-state index contributed by atoms with van der Waals surface area (Å²) in [6, 6.07) is 11.7. The molecule has 9 nitrogen and oxygen atoms in total. The molecule has 0 unspecified atom stereocenters. The van der Waals surface area contributed by atoms with E-state index in [2.05, 4.69) is 15.8 Å². The molecule has 130 valence electrons. The average molecular weight is 344 g/mol. The van der Waals surface area contributed by atoms with Crippen LogP contribution in [-0.2, 0) is 4.79 Å². The minimum atomic E-state index is -0.739. The summed E-state index contributed by atoms with van der Waals surface area (Å²) >= 11 is 0. The van der Waals surface area contributed by atoms with Crippen molar-refractivity contribution in [3.8, 4) is 11.5 Å². The molecule has 0 heterocycles. The zero-order chi connectivity index (χ0) is 18.2. The summed E-state index contributed by atoms with van der Waals surface area (Å²) in [6.07, 6.45) is 1.22. The summed E-state index contributed by atoms with van der Waals surface area (Å²) < 4.78 is 4.88. The molecule has 0 bridgehead atoms. The van der Waals surface area contributed by atoms with E-state index in [0.717, 1.165) is 11.8 Å². The van der Waals surface area contributed by atoms with Crippen LogP contribution in [0.5, 0.6) is 11.5 Å². The number of aromatic hydroxyl groups is 1. The van der Waals surface area contributed by atoms with Gasteiger partial charge in [-0.25, -0.2) is 5.43 Å². The maximum Gasteiger partial charge on any atom is 0.315 e. The van der Waals surface area contributed by atoms with E-state index in [1.165, 1.54) is 19.4 Å². The van der Waals surface area contributed by atoms with Crippen molar-refractivity contribution in [2.75, 3.05) is 19.0 Å². The van der Waals surface area contributed by atoms with Crippen molar-refractivity contribution in [3.05, 3.63) is 58.1 Å². The molecule has 0 saturated carbocycles. The fraction of sp³-hybridized carbons (Fsp3) is 0.125. The summed E-state index contributed by atoms with van der Waals surface area (Å²) in [5.74, 6) is -1.02. The smallest absolute Gasteiger partial charge is 0.315 e. The van der Waals surface area contributed by atoms with Crippen LogP contribution >= 0.6 is 0 Å². The quantitative estimate of drug-likeness (QED) is 0.400. The van der Waals surface area contributed by atoms with E-state index in [1.807, 2.05) is 30.3 Å². The number of amides is 1. The number of nitro groups is 1. The third-order valence-electron chi connectivity index (χ3n) is 3.12. The number of para-hydroxylation sites is 1. The molecule has 9 heteroatoms. The number of nitrogens with zero attached hydrogens (tertiary/aromatic N) is 2. The van der Waals surface area contributed by atoms with E-state index in [9.17, 15) is 20.0 Å². The minimum Gasteiger partial charge on any atom is -0.500 e. The normalized spacial score (nSPS) is 10.4. The number of anilines is 1. The third-order valence-corrected chi connectivity index (χ3v) is 3.12. The molecular formula is C16H16N4O5. The fourth-order valence-corrected chi connectivity index (χ4v) is 1.94. The molecule has 0 radical (unpaired) electrons. The van der Waals surface area contributed by atoms with Crippen molar-refractivity contribution in [2.45, 2.75) is 0 Å². The predicted octanol–water partition coefficient (Wildman–Crippen LogP) is 1.87. The Bertz CT molecular complexity index is 793. The van der Waals surface area contributed by atoms with Crippen LogP contribution in [0.4, 0.5) is 11.4 Å². The van der Waals surface area contributed by atoms with Crippen LogP contribution in [0, 0.1) is 10.1 Å². The van der Waals surface area contributed by atoms with Crippen molar-refractivity contribution >= 4 is 23.5 Å². The Hall–Kier alpha value is -3.62. The molecule has 0 atom stereocenters. The molecule has 0 saturated heterocycles. The highest BCUT2D eigenvalue weighted by atomic mass is 16.6. The van der Waals surface area contributed by atoms with Crippen LogP contribution < -0.4 is 15.5 Å². The number of hydrogen-bond acceptors (Lipinski definition) is 7. The van der Waals surface area contributed by atoms with Gasteiger partial charge in [-0.3, -0.25) is 14.9 Å². The van der Waals surface area contributed by atoms with Gasteiger partial charge in [-0.1, -0.05) is 18.2 Å². The summed E-state index contributed by atoms with van der Waals surface area (Å²) in [5, 5.41) is 27.2. The topological polar surface area (TPSA) is 126 Å². The van der Waals surface area contributed by atoms with Gasteiger partial charge in [0.15, 0.2) is 5.75 Å². The van der Waals surface area contributed by atoms with Crippen LogP contribution in [0.25, 0.3) is 0 Å². The van der Waals surface area contributed by atoms with Crippen LogP contribution in [0.2, 0.25) is 0 Å². The number of carbonyl (C=O) groups is 1. The molecule has 0 aromatic heterocycles. The van der Waals surface area contributed by atoms with Gasteiger partial charge in [-0.05, 0) is 18.2 Å². The van der Waals surface area contributed by atoms with Crippen molar-refractivity contribution in [3.63, 3.8) is 0 Å². The standard InChI is InChI=1S/C16H16N4O5/c1-25-14-8-11(7-13(16(14)22)20(23)24)9-18-19-15(21)10-17-12-5-3-2-4-6-12/h2-9,17,22H,10H2,1H3,(H,19,21)/b18-9-. The Balaban J connectivity index is 1.98. The van der Waals surface area contributed by atoms with Gasteiger partial charge >= 0.3 is 5.69 Å². The number of nitrogens with one attached hydrogen (secondary N) is 2. The van der Waals surface area contributed by atoms with E-state index < -0.39 is 16.4 Å². The maximum atomic E-state index is 11.7. The first-order valence-corrected chi connectivity index (χ1v) is 7.17. The van der Waals surface area contributed by atoms with Crippen molar-refractivity contribution in [1.82, 2.24) is 5.43 Å². The number of carbonyl (C=O) groups excluding carboxylic acids is 1. The Labute approximate surface area is 143 Å². The molecular weight excluding hydrogens is 328 g/mol. The number of methoxy groups -OCH3 is 1. The molecule has 0 aliphatic carbocycles. The lowest BCUT2D eigenvalue weighted by atomic mass is 10.2. The monoisotopic (exact) mass is 344 g/mol. The van der Waals surface area contributed by atoms with Gasteiger partial charge in [0, 0.05) is 17.3 Å². The zero-order valence-corrected chi connectivity index (χ0v) is 13.3. The van der Waals surface area contributed by atoms with Gasteiger partial charge in [0.2, 0.25) is 5.75 Å². The highest BCUT2D eigenvalue weighted by molar-refractivity contribution is 5.86. The first-order valence-electron chi connectivity index (χ1n) is 7.17. The van der Waals surface area contributed by atoms with E-state index in [1.54, 1.807) is 0 Å². The predicted molar refractivity (Wildman–Crippen MR) is 92.0 cm³/mol. The second-order valence-corrected chi connectivity index (χ2v) is 4.86. The first-order chi connectivity index (χ1) is 12.0.